The third-order valence-corrected chi connectivity index (χ3v) is 6.86. The van der Waals surface area contributed by atoms with E-state index in [1.165, 1.54) is 23.0 Å². The van der Waals surface area contributed by atoms with Crippen molar-refractivity contribution in [1.82, 2.24) is 29.1 Å². The summed E-state index contributed by atoms with van der Waals surface area (Å²) in [5.41, 5.74) is 11.1. The van der Waals surface area contributed by atoms with Crippen molar-refractivity contribution in [2.24, 2.45) is 0 Å². The van der Waals surface area contributed by atoms with Crippen LogP contribution in [0.5, 0.6) is 5.88 Å². The standard InChI is InChI=1S/C29H24FN7O2/c1-16-11-19(13-32-28(16)39-3)25-24-26(31)33-15-34-27(24)37(35-25)17(2)22-12-21-10-9-20(30)14-36(21)29(38)23(22)18-7-5-4-6-8-18/h4-15,17H,1-3H3,(H2,31,33,34)/t17-/m1/s1. The lowest BCUT2D eigenvalue weighted by Gasteiger charge is -2.19. The van der Waals surface area contributed by atoms with Crippen LogP contribution >= 0.6 is 0 Å². The molecule has 0 spiro atoms. The summed E-state index contributed by atoms with van der Waals surface area (Å²) in [6, 6.07) is 15.6. The SMILES string of the molecule is COc1ncc(-c2nn([C@H](C)c3cc4ccc(F)cn4c(=O)c3-c3ccccc3)c3ncnc(N)c23)cc1C. The number of nitrogens with zero attached hydrogens (tertiary/aromatic N) is 6. The molecule has 0 aliphatic rings. The van der Waals surface area contributed by atoms with Crippen LogP contribution in [0.15, 0.2) is 78.1 Å². The van der Waals surface area contributed by atoms with Gasteiger partial charge in [-0.15, -0.1) is 0 Å². The molecule has 0 aliphatic carbocycles. The molecular formula is C29H24FN7O2. The van der Waals surface area contributed by atoms with Crippen LogP contribution in [0.4, 0.5) is 10.2 Å². The maximum Gasteiger partial charge on any atom is 0.263 e. The van der Waals surface area contributed by atoms with Crippen molar-refractivity contribution in [2.75, 3.05) is 12.8 Å². The zero-order chi connectivity index (χ0) is 27.3. The molecule has 0 fully saturated rings. The summed E-state index contributed by atoms with van der Waals surface area (Å²) in [6.45, 7) is 3.84. The minimum atomic E-state index is -0.498. The Balaban J connectivity index is 1.62. The van der Waals surface area contributed by atoms with E-state index in [2.05, 4.69) is 15.0 Å². The number of nitrogen functional groups attached to an aromatic ring is 1. The van der Waals surface area contributed by atoms with Crippen molar-refractivity contribution in [1.29, 1.82) is 0 Å². The highest BCUT2D eigenvalue weighted by Crippen LogP contribution is 2.36. The summed E-state index contributed by atoms with van der Waals surface area (Å²) in [5, 5.41) is 5.52. The smallest absolute Gasteiger partial charge is 0.263 e. The van der Waals surface area contributed by atoms with Gasteiger partial charge in [0.1, 0.15) is 23.7 Å². The Hall–Kier alpha value is -5.12. The number of nitrogens with two attached hydrogens (primary N) is 1. The van der Waals surface area contributed by atoms with Gasteiger partial charge in [0.25, 0.3) is 5.56 Å². The van der Waals surface area contributed by atoms with Crippen LogP contribution in [0.2, 0.25) is 0 Å². The second-order valence-corrected chi connectivity index (χ2v) is 9.26. The van der Waals surface area contributed by atoms with Gasteiger partial charge in [-0.25, -0.2) is 24.0 Å². The van der Waals surface area contributed by atoms with E-state index in [4.69, 9.17) is 15.6 Å². The molecule has 5 aromatic heterocycles. The van der Waals surface area contributed by atoms with E-state index in [0.717, 1.165) is 11.1 Å². The van der Waals surface area contributed by atoms with Crippen LogP contribution in [-0.4, -0.2) is 36.2 Å². The predicted molar refractivity (Wildman–Crippen MR) is 147 cm³/mol. The number of hydrogen-bond donors (Lipinski definition) is 1. The molecule has 194 valence electrons. The molecular weight excluding hydrogens is 497 g/mol. The average Bonchev–Trinajstić information content (AvgIpc) is 3.34. The Morgan fingerprint density at radius 3 is 2.56 bits per heavy atom. The molecule has 6 rings (SSSR count). The van der Waals surface area contributed by atoms with Crippen LogP contribution in [-0.2, 0) is 0 Å². The zero-order valence-electron chi connectivity index (χ0n) is 21.5. The summed E-state index contributed by atoms with van der Waals surface area (Å²) in [6.07, 6.45) is 4.26. The topological polar surface area (TPSA) is 113 Å². The lowest BCUT2D eigenvalue weighted by molar-refractivity contribution is 0.394. The maximum absolute atomic E-state index is 14.1. The van der Waals surface area contributed by atoms with Crippen molar-refractivity contribution in [3.8, 4) is 28.3 Å². The third-order valence-electron chi connectivity index (χ3n) is 6.86. The molecule has 1 atom stereocenters. The van der Waals surface area contributed by atoms with Crippen molar-refractivity contribution >= 4 is 22.4 Å². The molecule has 5 heterocycles. The van der Waals surface area contributed by atoms with Crippen molar-refractivity contribution < 1.29 is 9.13 Å². The Morgan fingerprint density at radius 1 is 1.03 bits per heavy atom. The van der Waals surface area contributed by atoms with Gasteiger partial charge in [-0.05, 0) is 49.2 Å². The van der Waals surface area contributed by atoms with Gasteiger partial charge in [-0.3, -0.25) is 9.20 Å². The monoisotopic (exact) mass is 521 g/mol. The number of ether oxygens (including phenoxy) is 1. The molecule has 10 heteroatoms. The number of aryl methyl sites for hydroxylation is 1. The summed E-state index contributed by atoms with van der Waals surface area (Å²) in [5.74, 6) is 0.294. The molecule has 2 N–H and O–H groups in total. The van der Waals surface area contributed by atoms with E-state index in [-0.39, 0.29) is 11.4 Å². The van der Waals surface area contributed by atoms with Crippen LogP contribution in [0.25, 0.3) is 38.9 Å². The van der Waals surface area contributed by atoms with Gasteiger partial charge < -0.3 is 10.5 Å². The Bertz CT molecular complexity index is 1930. The first-order valence-electron chi connectivity index (χ1n) is 12.3. The highest BCUT2D eigenvalue weighted by Gasteiger charge is 2.25. The highest BCUT2D eigenvalue weighted by atomic mass is 19.1. The van der Waals surface area contributed by atoms with Crippen LogP contribution < -0.4 is 16.0 Å². The van der Waals surface area contributed by atoms with Crippen molar-refractivity contribution in [3.63, 3.8) is 0 Å². The number of aromatic nitrogens is 6. The number of rotatable bonds is 5. The van der Waals surface area contributed by atoms with Crippen LogP contribution in [0.3, 0.4) is 0 Å². The van der Waals surface area contributed by atoms with Gasteiger partial charge in [0, 0.05) is 29.0 Å². The maximum atomic E-state index is 14.1. The van der Waals surface area contributed by atoms with Gasteiger partial charge in [0.05, 0.1) is 24.1 Å². The fourth-order valence-electron chi connectivity index (χ4n) is 4.98. The van der Waals surface area contributed by atoms with E-state index in [0.29, 0.717) is 44.8 Å². The number of fused-ring (bicyclic) bond motifs is 2. The normalized spacial score (nSPS) is 12.2. The molecule has 0 bridgehead atoms. The fraction of sp³-hybridized carbons (Fsp3) is 0.138. The molecule has 1 aromatic carbocycles. The molecule has 0 radical (unpaired) electrons. The molecule has 0 amide bonds. The first-order chi connectivity index (χ1) is 18.9. The van der Waals surface area contributed by atoms with Gasteiger partial charge >= 0.3 is 0 Å². The quantitative estimate of drug-likeness (QED) is 0.346. The number of halogens is 1. The van der Waals surface area contributed by atoms with E-state index >= 15 is 0 Å². The minimum absolute atomic E-state index is 0.277. The fourth-order valence-corrected chi connectivity index (χ4v) is 4.98. The first kappa shape index (κ1) is 24.2. The number of hydrogen-bond acceptors (Lipinski definition) is 7. The lowest BCUT2D eigenvalue weighted by atomic mass is 9.96. The lowest BCUT2D eigenvalue weighted by Crippen LogP contribution is -2.21. The van der Waals surface area contributed by atoms with E-state index in [1.807, 2.05) is 56.3 Å². The summed E-state index contributed by atoms with van der Waals surface area (Å²) in [4.78, 5) is 26.9. The highest BCUT2D eigenvalue weighted by molar-refractivity contribution is 5.98. The zero-order valence-corrected chi connectivity index (χ0v) is 21.5. The predicted octanol–water partition coefficient (Wildman–Crippen LogP) is 4.82. The van der Waals surface area contributed by atoms with E-state index in [1.54, 1.807) is 24.1 Å². The van der Waals surface area contributed by atoms with Crippen LogP contribution in [0, 0.1) is 12.7 Å². The second kappa shape index (κ2) is 9.32. The molecule has 0 saturated heterocycles. The molecule has 6 aromatic rings. The average molecular weight is 522 g/mol. The van der Waals surface area contributed by atoms with E-state index < -0.39 is 11.9 Å². The summed E-state index contributed by atoms with van der Waals surface area (Å²) >= 11 is 0. The Kier molecular flexibility index (Phi) is 5.79. The van der Waals surface area contributed by atoms with Crippen molar-refractivity contribution in [2.45, 2.75) is 19.9 Å². The Labute approximate surface area is 222 Å². The molecule has 0 saturated carbocycles. The number of anilines is 1. The van der Waals surface area contributed by atoms with E-state index in [9.17, 15) is 9.18 Å². The van der Waals surface area contributed by atoms with Crippen LogP contribution in [0.1, 0.15) is 24.1 Å². The molecule has 9 nitrogen and oxygen atoms in total. The van der Waals surface area contributed by atoms with Gasteiger partial charge in [0.2, 0.25) is 5.88 Å². The number of benzene rings is 1. The molecule has 39 heavy (non-hydrogen) atoms. The van der Waals surface area contributed by atoms with Gasteiger partial charge in [0.15, 0.2) is 5.65 Å². The van der Waals surface area contributed by atoms with Crippen molar-refractivity contribution in [3.05, 3.63) is 101 Å². The molecule has 0 unspecified atom stereocenters. The Morgan fingerprint density at radius 2 is 1.82 bits per heavy atom. The first-order valence-corrected chi connectivity index (χ1v) is 12.3. The third kappa shape index (κ3) is 3.97. The molecule has 0 aliphatic heterocycles. The van der Waals surface area contributed by atoms with Gasteiger partial charge in [-0.1, -0.05) is 30.3 Å². The minimum Gasteiger partial charge on any atom is -0.481 e. The number of methoxy groups -OCH3 is 1. The summed E-state index contributed by atoms with van der Waals surface area (Å²) < 4.78 is 22.5. The number of pyridine rings is 3. The largest absolute Gasteiger partial charge is 0.481 e. The second-order valence-electron chi connectivity index (χ2n) is 9.26. The summed E-state index contributed by atoms with van der Waals surface area (Å²) in [7, 11) is 1.57. The van der Waals surface area contributed by atoms with Gasteiger partial charge in [-0.2, -0.15) is 5.10 Å².